The van der Waals surface area contributed by atoms with Crippen molar-refractivity contribution in [2.24, 2.45) is 0 Å². The van der Waals surface area contributed by atoms with Gasteiger partial charge in [0.15, 0.2) is 0 Å². The van der Waals surface area contributed by atoms with Gasteiger partial charge in [-0.2, -0.15) is 0 Å². The van der Waals surface area contributed by atoms with Gasteiger partial charge in [-0.15, -0.1) is 11.3 Å². The Balaban J connectivity index is 2.01. The molecule has 4 rings (SSSR count). The Morgan fingerprint density at radius 3 is 2.64 bits per heavy atom. The molecule has 0 unspecified atom stereocenters. The summed E-state index contributed by atoms with van der Waals surface area (Å²) in [6.45, 7) is 0. The summed E-state index contributed by atoms with van der Waals surface area (Å²) in [5, 5.41) is 16.4. The van der Waals surface area contributed by atoms with Crippen molar-refractivity contribution >= 4 is 39.5 Å². The molecule has 3 aromatic rings. The van der Waals surface area contributed by atoms with Crippen LogP contribution in [0.1, 0.15) is 15.2 Å². The second-order valence-corrected chi connectivity index (χ2v) is 6.14. The first-order chi connectivity index (χ1) is 10.6. The lowest BCUT2D eigenvalue weighted by Gasteiger charge is -2.22. The third-order valence-corrected chi connectivity index (χ3v) is 5.03. The smallest absolute Gasteiger partial charge is 0.343 e. The van der Waals surface area contributed by atoms with E-state index in [0.717, 1.165) is 10.8 Å². The van der Waals surface area contributed by atoms with Crippen LogP contribution in [0, 0.1) is 0 Å². The van der Waals surface area contributed by atoms with E-state index in [1.165, 1.54) is 11.3 Å². The molecule has 2 heterocycles. The standard InChI is InChI=1S/C17H11NO3S/c19-15-12-8-7-10-4-1-2-5-11(10)14(12)18-17(15,16(20)21)13-6-3-9-22-13/h1-9,18H,(H,20,21)/t17-/m1/s1. The highest BCUT2D eigenvalue weighted by Gasteiger charge is 2.54. The van der Waals surface area contributed by atoms with Gasteiger partial charge in [-0.1, -0.05) is 36.4 Å². The SMILES string of the molecule is O=C(O)[C@]1(c2cccs2)Nc2c(ccc3ccccc23)C1=O. The first-order valence-corrected chi connectivity index (χ1v) is 7.64. The molecule has 1 aromatic heterocycles. The van der Waals surface area contributed by atoms with Gasteiger partial charge < -0.3 is 10.4 Å². The molecule has 0 saturated heterocycles. The summed E-state index contributed by atoms with van der Waals surface area (Å²) in [5.74, 6) is -1.59. The number of thiophene rings is 1. The molecular formula is C17H11NO3S. The molecule has 0 fully saturated rings. The largest absolute Gasteiger partial charge is 0.479 e. The highest BCUT2D eigenvalue weighted by molar-refractivity contribution is 7.10. The third kappa shape index (κ3) is 1.51. The molecule has 0 spiro atoms. The average molecular weight is 309 g/mol. The van der Waals surface area contributed by atoms with Crippen LogP contribution in [0.3, 0.4) is 0 Å². The van der Waals surface area contributed by atoms with Gasteiger partial charge in [0.25, 0.3) is 0 Å². The second-order valence-electron chi connectivity index (χ2n) is 5.20. The van der Waals surface area contributed by atoms with E-state index < -0.39 is 17.3 Å². The van der Waals surface area contributed by atoms with Gasteiger partial charge in [0, 0.05) is 15.8 Å². The Morgan fingerprint density at radius 2 is 1.91 bits per heavy atom. The number of aliphatic carboxylic acids is 1. The van der Waals surface area contributed by atoms with Crippen molar-refractivity contribution in [3.05, 3.63) is 64.4 Å². The number of benzene rings is 2. The number of carbonyl (C=O) groups is 2. The second kappa shape index (κ2) is 4.42. The minimum atomic E-state index is -1.72. The molecule has 0 bridgehead atoms. The number of rotatable bonds is 2. The van der Waals surface area contributed by atoms with Crippen LogP contribution >= 0.6 is 11.3 Å². The van der Waals surface area contributed by atoms with Crippen LogP contribution < -0.4 is 5.32 Å². The summed E-state index contributed by atoms with van der Waals surface area (Å²) >= 11 is 1.26. The van der Waals surface area contributed by atoms with Crippen molar-refractivity contribution in [2.75, 3.05) is 5.32 Å². The number of carbonyl (C=O) groups excluding carboxylic acids is 1. The van der Waals surface area contributed by atoms with Crippen LogP contribution in [0.4, 0.5) is 5.69 Å². The van der Waals surface area contributed by atoms with Crippen LogP contribution in [0.15, 0.2) is 53.9 Å². The molecule has 2 aromatic carbocycles. The minimum Gasteiger partial charge on any atom is -0.479 e. The monoisotopic (exact) mass is 309 g/mol. The molecule has 1 aliphatic rings. The highest BCUT2D eigenvalue weighted by Crippen LogP contribution is 2.44. The topological polar surface area (TPSA) is 66.4 Å². The first-order valence-electron chi connectivity index (χ1n) is 6.77. The number of carboxylic acids is 1. The summed E-state index contributed by atoms with van der Waals surface area (Å²) in [6, 6.07) is 14.6. The fraction of sp³-hybridized carbons (Fsp3) is 0.0588. The van der Waals surface area contributed by atoms with E-state index in [1.54, 1.807) is 23.6 Å². The number of carboxylic acid groups (broad SMARTS) is 1. The van der Waals surface area contributed by atoms with Crippen LogP contribution in [-0.4, -0.2) is 16.9 Å². The zero-order chi connectivity index (χ0) is 15.3. The lowest BCUT2D eigenvalue weighted by Crippen LogP contribution is -2.45. The Bertz CT molecular complexity index is 917. The average Bonchev–Trinajstić information content (AvgIpc) is 3.14. The van der Waals surface area contributed by atoms with Crippen LogP contribution in [0.2, 0.25) is 0 Å². The molecule has 4 nitrogen and oxygen atoms in total. The van der Waals surface area contributed by atoms with Gasteiger partial charge in [0.2, 0.25) is 11.3 Å². The molecule has 22 heavy (non-hydrogen) atoms. The predicted molar refractivity (Wildman–Crippen MR) is 85.5 cm³/mol. The lowest BCUT2D eigenvalue weighted by atomic mass is 9.91. The minimum absolute atomic E-state index is 0.414. The van der Waals surface area contributed by atoms with E-state index in [1.807, 2.05) is 30.3 Å². The molecule has 0 aliphatic carbocycles. The molecular weight excluding hydrogens is 298 g/mol. The first kappa shape index (κ1) is 13.0. The highest BCUT2D eigenvalue weighted by atomic mass is 32.1. The number of Topliss-reactive ketones (excluding diaryl/α,β-unsaturated/α-hetero) is 1. The van der Waals surface area contributed by atoms with Gasteiger partial charge in [0.1, 0.15) is 0 Å². The Morgan fingerprint density at radius 1 is 1.09 bits per heavy atom. The molecule has 0 amide bonds. The van der Waals surface area contributed by atoms with E-state index in [0.29, 0.717) is 16.1 Å². The van der Waals surface area contributed by atoms with E-state index in [-0.39, 0.29) is 0 Å². The van der Waals surface area contributed by atoms with Crippen LogP contribution in [0.25, 0.3) is 10.8 Å². The fourth-order valence-electron chi connectivity index (χ4n) is 2.96. The summed E-state index contributed by atoms with van der Waals surface area (Å²) in [7, 11) is 0. The number of hydrogen-bond acceptors (Lipinski definition) is 4. The van der Waals surface area contributed by atoms with E-state index in [9.17, 15) is 14.7 Å². The van der Waals surface area contributed by atoms with Crippen molar-refractivity contribution < 1.29 is 14.7 Å². The third-order valence-electron chi connectivity index (χ3n) is 4.04. The van der Waals surface area contributed by atoms with Crippen molar-refractivity contribution in [1.29, 1.82) is 0 Å². The molecule has 5 heteroatoms. The molecule has 108 valence electrons. The number of fused-ring (bicyclic) bond motifs is 3. The Labute approximate surface area is 130 Å². The van der Waals surface area contributed by atoms with Crippen molar-refractivity contribution in [2.45, 2.75) is 5.54 Å². The summed E-state index contributed by atoms with van der Waals surface area (Å²) in [6.07, 6.45) is 0. The normalized spacial score (nSPS) is 19.9. The van der Waals surface area contributed by atoms with Crippen LogP contribution in [-0.2, 0) is 10.3 Å². The zero-order valence-electron chi connectivity index (χ0n) is 11.4. The van der Waals surface area contributed by atoms with E-state index in [4.69, 9.17) is 0 Å². The summed E-state index contributed by atoms with van der Waals surface area (Å²) in [4.78, 5) is 25.3. The number of nitrogens with one attached hydrogen (secondary N) is 1. The fourth-order valence-corrected chi connectivity index (χ4v) is 3.83. The van der Waals surface area contributed by atoms with Crippen molar-refractivity contribution in [3.8, 4) is 0 Å². The molecule has 1 atom stereocenters. The van der Waals surface area contributed by atoms with Gasteiger partial charge in [-0.05, 0) is 22.9 Å². The number of ketones is 1. The maximum Gasteiger partial charge on any atom is 0.343 e. The summed E-state index contributed by atoms with van der Waals surface area (Å²) in [5.41, 5.74) is -0.700. The molecule has 2 N–H and O–H groups in total. The molecule has 0 saturated carbocycles. The Hall–Kier alpha value is -2.66. The summed E-state index contributed by atoms with van der Waals surface area (Å²) < 4.78 is 0. The maximum atomic E-state index is 12.9. The van der Waals surface area contributed by atoms with Gasteiger partial charge in [0.05, 0.1) is 5.69 Å². The van der Waals surface area contributed by atoms with Gasteiger partial charge in [-0.3, -0.25) is 4.79 Å². The van der Waals surface area contributed by atoms with E-state index >= 15 is 0 Å². The zero-order valence-corrected chi connectivity index (χ0v) is 12.2. The predicted octanol–water partition coefficient (Wildman–Crippen LogP) is 3.49. The van der Waals surface area contributed by atoms with Gasteiger partial charge in [-0.25, -0.2) is 4.79 Å². The van der Waals surface area contributed by atoms with Crippen molar-refractivity contribution in [3.63, 3.8) is 0 Å². The van der Waals surface area contributed by atoms with Crippen molar-refractivity contribution in [1.82, 2.24) is 0 Å². The van der Waals surface area contributed by atoms with E-state index in [2.05, 4.69) is 5.32 Å². The maximum absolute atomic E-state index is 12.9. The van der Waals surface area contributed by atoms with Crippen LogP contribution in [0.5, 0.6) is 0 Å². The lowest BCUT2D eigenvalue weighted by molar-refractivity contribution is -0.140. The molecule has 0 radical (unpaired) electrons. The van der Waals surface area contributed by atoms with Gasteiger partial charge >= 0.3 is 5.97 Å². The number of hydrogen-bond donors (Lipinski definition) is 2. The number of anilines is 1. The Kier molecular flexibility index (Phi) is 2.62. The molecule has 1 aliphatic heterocycles. The quantitative estimate of drug-likeness (QED) is 0.711.